The van der Waals surface area contributed by atoms with E-state index in [1.807, 2.05) is 13.8 Å². The van der Waals surface area contributed by atoms with E-state index in [1.54, 1.807) is 0 Å². The maximum absolute atomic E-state index is 10.1. The van der Waals surface area contributed by atoms with Gasteiger partial charge in [0.25, 0.3) is 5.89 Å². The van der Waals surface area contributed by atoms with Gasteiger partial charge in [0, 0.05) is 24.9 Å². The molecular weight excluding hydrogens is 410 g/mol. The van der Waals surface area contributed by atoms with Gasteiger partial charge in [0.15, 0.2) is 0 Å². The molecule has 0 unspecified atom stereocenters. The summed E-state index contributed by atoms with van der Waals surface area (Å²) in [4.78, 5) is 7.13. The summed E-state index contributed by atoms with van der Waals surface area (Å²) in [5, 5.41) is 14.5. The molecule has 0 radical (unpaired) electrons. The first-order valence-electron chi connectivity index (χ1n) is 12.0. The number of benzene rings is 1. The van der Waals surface area contributed by atoms with Gasteiger partial charge in [0.2, 0.25) is 5.82 Å². The van der Waals surface area contributed by atoms with Gasteiger partial charge in [-0.25, -0.2) is 0 Å². The maximum Gasteiger partial charge on any atom is 0.266 e. The van der Waals surface area contributed by atoms with Crippen molar-refractivity contribution in [2.24, 2.45) is 5.41 Å². The fourth-order valence-electron chi connectivity index (χ4n) is 4.95. The minimum Gasteiger partial charge on any atom is -0.390 e. The van der Waals surface area contributed by atoms with E-state index >= 15 is 0 Å². The van der Waals surface area contributed by atoms with E-state index in [1.165, 1.54) is 28.0 Å². The lowest BCUT2D eigenvalue weighted by Gasteiger charge is -2.36. The van der Waals surface area contributed by atoms with Gasteiger partial charge in [-0.3, -0.25) is 0 Å². The fraction of sp³-hybridized carbons (Fsp3) is 0.536. The van der Waals surface area contributed by atoms with Crippen LogP contribution in [-0.4, -0.2) is 39.3 Å². The van der Waals surface area contributed by atoms with Gasteiger partial charge in [0.1, 0.15) is 0 Å². The largest absolute Gasteiger partial charge is 0.390 e. The lowest BCUT2D eigenvalue weighted by atomic mass is 9.75. The van der Waals surface area contributed by atoms with Crippen molar-refractivity contribution in [2.45, 2.75) is 79.2 Å². The maximum atomic E-state index is 10.1. The van der Waals surface area contributed by atoms with E-state index in [2.05, 4.69) is 68.7 Å². The second kappa shape index (κ2) is 8.62. The second-order valence-corrected chi connectivity index (χ2v) is 11.2. The molecule has 0 fully saturated rings. The Morgan fingerprint density at radius 3 is 2.58 bits per heavy atom. The SMILES string of the molecule is Cc1cc(-c2noc(C3=C=CCN(C)C4=C3CCC(C)(C)C4)n2)cc(C)c1CCC(C)(C)O. The Labute approximate surface area is 197 Å². The van der Waals surface area contributed by atoms with Crippen LogP contribution in [0.2, 0.25) is 0 Å². The van der Waals surface area contributed by atoms with Crippen molar-refractivity contribution < 1.29 is 9.63 Å². The van der Waals surface area contributed by atoms with Gasteiger partial charge in [-0.15, -0.1) is 5.73 Å². The molecule has 0 atom stereocenters. The third-order valence-electron chi connectivity index (χ3n) is 7.00. The average molecular weight is 448 g/mol. The molecule has 176 valence electrons. The minimum atomic E-state index is -0.671. The zero-order valence-electron chi connectivity index (χ0n) is 21.2. The monoisotopic (exact) mass is 447 g/mol. The number of rotatable bonds is 5. The second-order valence-electron chi connectivity index (χ2n) is 11.2. The molecule has 0 amide bonds. The average Bonchev–Trinajstić information content (AvgIpc) is 3.13. The highest BCUT2D eigenvalue weighted by Gasteiger charge is 2.32. The van der Waals surface area contributed by atoms with Crippen molar-refractivity contribution >= 4 is 5.57 Å². The summed E-state index contributed by atoms with van der Waals surface area (Å²) in [5.74, 6) is 1.15. The fourth-order valence-corrected chi connectivity index (χ4v) is 4.95. The molecule has 4 rings (SSSR count). The Morgan fingerprint density at radius 2 is 1.91 bits per heavy atom. The molecule has 1 aliphatic carbocycles. The summed E-state index contributed by atoms with van der Waals surface area (Å²) in [6.45, 7) is 13.5. The molecule has 0 bridgehead atoms. The Balaban J connectivity index is 1.66. The molecule has 2 aromatic rings. The number of likely N-dealkylation sites (N-methyl/N-ethyl adjacent to an activating group) is 1. The van der Waals surface area contributed by atoms with Gasteiger partial charge < -0.3 is 14.5 Å². The summed E-state index contributed by atoms with van der Waals surface area (Å²) < 4.78 is 5.79. The lowest BCUT2D eigenvalue weighted by Crippen LogP contribution is -2.28. The molecule has 0 saturated carbocycles. The molecule has 0 saturated heterocycles. The van der Waals surface area contributed by atoms with Gasteiger partial charge in [-0.2, -0.15) is 4.98 Å². The molecule has 5 heteroatoms. The quantitative estimate of drug-likeness (QED) is 0.569. The Hall–Kier alpha value is -2.62. The van der Waals surface area contributed by atoms with E-state index in [-0.39, 0.29) is 0 Å². The van der Waals surface area contributed by atoms with Crippen molar-refractivity contribution in [1.82, 2.24) is 15.0 Å². The van der Waals surface area contributed by atoms with Crippen molar-refractivity contribution in [1.29, 1.82) is 0 Å². The summed E-state index contributed by atoms with van der Waals surface area (Å²) >= 11 is 0. The van der Waals surface area contributed by atoms with Gasteiger partial charge in [0.05, 0.1) is 11.2 Å². The van der Waals surface area contributed by atoms with E-state index in [0.717, 1.165) is 49.8 Å². The molecule has 1 aromatic heterocycles. The van der Waals surface area contributed by atoms with Gasteiger partial charge in [-0.1, -0.05) is 19.0 Å². The van der Waals surface area contributed by atoms with Crippen LogP contribution in [0.5, 0.6) is 0 Å². The molecule has 1 aliphatic heterocycles. The Kier molecular flexibility index (Phi) is 6.15. The van der Waals surface area contributed by atoms with Crippen LogP contribution in [0.25, 0.3) is 17.0 Å². The number of aryl methyl sites for hydroxylation is 2. The van der Waals surface area contributed by atoms with Crippen molar-refractivity contribution in [3.63, 3.8) is 0 Å². The standard InChI is InChI=1S/C28H37N3O2/c1-18-15-20(16-19(2)21(18)11-13-28(5,6)32)25-29-26(33-30-25)23-9-8-14-31(7)24-17-27(3,4)12-10-22(23)24/h8,15-16,32H,10-14,17H2,1-7H3. The molecule has 33 heavy (non-hydrogen) atoms. The lowest BCUT2D eigenvalue weighted by molar-refractivity contribution is 0.0713. The number of hydrogen-bond acceptors (Lipinski definition) is 5. The van der Waals surface area contributed by atoms with Crippen LogP contribution < -0.4 is 0 Å². The third kappa shape index (κ3) is 5.15. The third-order valence-corrected chi connectivity index (χ3v) is 7.00. The van der Waals surface area contributed by atoms with Crippen LogP contribution in [0.1, 0.15) is 76.0 Å². The van der Waals surface area contributed by atoms with E-state index < -0.39 is 5.60 Å². The predicted octanol–water partition coefficient (Wildman–Crippen LogP) is 6.01. The van der Waals surface area contributed by atoms with Crippen LogP contribution in [0.15, 0.2) is 39.7 Å². The van der Waals surface area contributed by atoms with Crippen LogP contribution in [0.3, 0.4) is 0 Å². The number of aliphatic hydroxyl groups is 1. The predicted molar refractivity (Wildman–Crippen MR) is 133 cm³/mol. The van der Waals surface area contributed by atoms with Crippen LogP contribution in [0.4, 0.5) is 0 Å². The molecule has 0 spiro atoms. The molecular formula is C28H37N3O2. The highest BCUT2D eigenvalue weighted by molar-refractivity contribution is 5.76. The van der Waals surface area contributed by atoms with Crippen LogP contribution in [0, 0.1) is 19.3 Å². The van der Waals surface area contributed by atoms with Crippen molar-refractivity contribution in [2.75, 3.05) is 13.6 Å². The van der Waals surface area contributed by atoms with E-state index in [0.29, 0.717) is 17.1 Å². The number of nitrogens with zero attached hydrogens (tertiary/aromatic N) is 3. The first kappa shape index (κ1) is 23.5. The molecule has 2 aliphatic rings. The van der Waals surface area contributed by atoms with Crippen LogP contribution >= 0.6 is 0 Å². The number of aromatic nitrogens is 2. The molecule has 5 nitrogen and oxygen atoms in total. The zero-order valence-corrected chi connectivity index (χ0v) is 21.2. The summed E-state index contributed by atoms with van der Waals surface area (Å²) in [6.07, 6.45) is 6.81. The highest BCUT2D eigenvalue weighted by Crippen LogP contribution is 2.44. The zero-order chi connectivity index (χ0) is 24.0. The molecule has 2 heterocycles. The van der Waals surface area contributed by atoms with Crippen molar-refractivity contribution in [3.8, 4) is 11.4 Å². The first-order valence-corrected chi connectivity index (χ1v) is 12.0. The highest BCUT2D eigenvalue weighted by atomic mass is 16.5. The molecule has 1 N–H and O–H groups in total. The topological polar surface area (TPSA) is 62.4 Å². The minimum absolute atomic E-state index is 0.296. The van der Waals surface area contributed by atoms with Crippen molar-refractivity contribution in [3.05, 3.63) is 57.8 Å². The number of allylic oxidation sites excluding steroid dienone is 2. The summed E-state index contributed by atoms with van der Waals surface area (Å²) in [6, 6.07) is 4.25. The van der Waals surface area contributed by atoms with E-state index in [4.69, 9.17) is 9.51 Å². The Bertz CT molecular complexity index is 1130. The summed E-state index contributed by atoms with van der Waals surface area (Å²) in [5.41, 5.74) is 11.3. The van der Waals surface area contributed by atoms with Gasteiger partial charge in [-0.05, 0) is 106 Å². The summed E-state index contributed by atoms with van der Waals surface area (Å²) in [7, 11) is 2.15. The normalized spacial score (nSPS) is 18.3. The Morgan fingerprint density at radius 1 is 1.21 bits per heavy atom. The van der Waals surface area contributed by atoms with Gasteiger partial charge >= 0.3 is 0 Å². The van der Waals surface area contributed by atoms with E-state index in [9.17, 15) is 5.11 Å². The van der Waals surface area contributed by atoms with Crippen LogP contribution in [-0.2, 0) is 6.42 Å². The number of hydrogen-bond donors (Lipinski definition) is 1. The first-order chi connectivity index (χ1) is 15.4. The molecule has 1 aromatic carbocycles. The smallest absolute Gasteiger partial charge is 0.266 e.